The molecule has 0 spiro atoms. The molecule has 162 valence electrons. The van der Waals surface area contributed by atoms with E-state index >= 15 is 0 Å². The first-order valence-electron chi connectivity index (χ1n) is 9.98. The van der Waals surface area contributed by atoms with Gasteiger partial charge in [0.05, 0.1) is 16.2 Å². The molecule has 0 saturated carbocycles. The van der Waals surface area contributed by atoms with Crippen molar-refractivity contribution < 1.29 is 9.53 Å². The van der Waals surface area contributed by atoms with Gasteiger partial charge in [-0.1, -0.05) is 23.2 Å². The summed E-state index contributed by atoms with van der Waals surface area (Å²) in [6.07, 6.45) is 0. The van der Waals surface area contributed by atoms with Gasteiger partial charge in [0.25, 0.3) is 5.91 Å². The van der Waals surface area contributed by atoms with Crippen molar-refractivity contribution in [3.63, 3.8) is 0 Å². The summed E-state index contributed by atoms with van der Waals surface area (Å²) in [7, 11) is 2.12. The van der Waals surface area contributed by atoms with Crippen molar-refractivity contribution in [3.05, 3.63) is 52.1 Å². The third-order valence-corrected chi connectivity index (χ3v) is 5.73. The van der Waals surface area contributed by atoms with Crippen molar-refractivity contribution in [1.82, 2.24) is 14.9 Å². The minimum absolute atomic E-state index is 0.169. The molecule has 1 saturated heterocycles. The lowest BCUT2D eigenvalue weighted by molar-refractivity contribution is -0.118. The zero-order valence-electron chi connectivity index (χ0n) is 17.4. The van der Waals surface area contributed by atoms with Crippen LogP contribution < -0.4 is 15.0 Å². The van der Waals surface area contributed by atoms with Crippen LogP contribution in [0.25, 0.3) is 10.9 Å². The second-order valence-corrected chi connectivity index (χ2v) is 8.39. The Kier molecular flexibility index (Phi) is 6.46. The summed E-state index contributed by atoms with van der Waals surface area (Å²) in [5, 5.41) is 4.60. The summed E-state index contributed by atoms with van der Waals surface area (Å²) < 4.78 is 5.49. The maximum Gasteiger partial charge on any atom is 0.262 e. The first-order valence-corrected chi connectivity index (χ1v) is 10.7. The summed E-state index contributed by atoms with van der Waals surface area (Å²) >= 11 is 11.9. The third kappa shape index (κ3) is 5.18. The normalized spacial score (nSPS) is 14.6. The lowest BCUT2D eigenvalue weighted by Crippen LogP contribution is -2.45. The van der Waals surface area contributed by atoms with Crippen LogP contribution in [-0.2, 0) is 4.79 Å². The molecule has 2 aromatic carbocycles. The van der Waals surface area contributed by atoms with Gasteiger partial charge < -0.3 is 19.9 Å². The number of benzene rings is 2. The van der Waals surface area contributed by atoms with Crippen LogP contribution in [0.3, 0.4) is 0 Å². The van der Waals surface area contributed by atoms with Crippen LogP contribution in [0.2, 0.25) is 10.0 Å². The van der Waals surface area contributed by atoms with E-state index in [2.05, 4.69) is 22.2 Å². The molecule has 0 radical (unpaired) electrons. The van der Waals surface area contributed by atoms with Crippen LogP contribution in [0.4, 0.5) is 11.6 Å². The number of carbonyl (C=O) groups excluding carboxylic acids is 1. The third-order valence-electron chi connectivity index (χ3n) is 5.20. The molecule has 4 rings (SSSR count). The number of aromatic nitrogens is 2. The fraction of sp³-hybridized carbons (Fsp3) is 0.318. The topological polar surface area (TPSA) is 70.6 Å². The van der Waals surface area contributed by atoms with Gasteiger partial charge in [-0.25, -0.2) is 9.97 Å². The zero-order chi connectivity index (χ0) is 22.0. The number of aryl methyl sites for hydroxylation is 1. The number of halogens is 2. The van der Waals surface area contributed by atoms with E-state index in [4.69, 9.17) is 37.9 Å². The molecule has 0 bridgehead atoms. The number of carbonyl (C=O) groups is 1. The highest BCUT2D eigenvalue weighted by Gasteiger charge is 2.18. The Bertz CT molecular complexity index is 1120. The fourth-order valence-electron chi connectivity index (χ4n) is 3.42. The van der Waals surface area contributed by atoms with Gasteiger partial charge in [0, 0.05) is 42.3 Å². The van der Waals surface area contributed by atoms with E-state index in [-0.39, 0.29) is 12.5 Å². The van der Waals surface area contributed by atoms with Gasteiger partial charge in [-0.05, 0) is 50.4 Å². The van der Waals surface area contributed by atoms with Crippen molar-refractivity contribution in [3.8, 4) is 5.75 Å². The van der Waals surface area contributed by atoms with Gasteiger partial charge in [-0.15, -0.1) is 0 Å². The van der Waals surface area contributed by atoms with Crippen molar-refractivity contribution >= 4 is 51.6 Å². The molecular weight excluding hydrogens is 437 g/mol. The van der Waals surface area contributed by atoms with Crippen LogP contribution >= 0.6 is 23.2 Å². The molecule has 31 heavy (non-hydrogen) atoms. The Morgan fingerprint density at radius 1 is 1.10 bits per heavy atom. The van der Waals surface area contributed by atoms with E-state index in [1.165, 1.54) is 0 Å². The Labute approximate surface area is 190 Å². The van der Waals surface area contributed by atoms with Gasteiger partial charge in [0.15, 0.2) is 6.61 Å². The highest BCUT2D eigenvalue weighted by Crippen LogP contribution is 2.27. The van der Waals surface area contributed by atoms with E-state index in [1.807, 2.05) is 25.1 Å². The molecule has 7 nitrogen and oxygen atoms in total. The number of anilines is 2. The molecule has 0 atom stereocenters. The number of fused-ring (bicyclic) bond motifs is 1. The quantitative estimate of drug-likeness (QED) is 0.621. The molecule has 0 aliphatic carbocycles. The van der Waals surface area contributed by atoms with E-state index in [0.717, 1.165) is 48.7 Å². The minimum Gasteiger partial charge on any atom is -0.482 e. The maximum absolute atomic E-state index is 12.3. The van der Waals surface area contributed by atoms with Crippen LogP contribution in [-0.4, -0.2) is 60.6 Å². The van der Waals surface area contributed by atoms with Gasteiger partial charge in [-0.2, -0.15) is 0 Å². The summed E-state index contributed by atoms with van der Waals surface area (Å²) in [4.78, 5) is 26.3. The first-order chi connectivity index (χ1) is 14.9. The van der Waals surface area contributed by atoms with Crippen molar-refractivity contribution in [2.75, 3.05) is 50.1 Å². The van der Waals surface area contributed by atoms with Crippen LogP contribution in [0, 0.1) is 6.92 Å². The lowest BCUT2D eigenvalue weighted by atomic mass is 10.1. The minimum atomic E-state index is -0.294. The zero-order valence-corrected chi connectivity index (χ0v) is 18.9. The average molecular weight is 460 g/mol. The lowest BCUT2D eigenvalue weighted by Gasteiger charge is -2.32. The number of piperazine rings is 1. The number of nitrogens with zero attached hydrogens (tertiary/aromatic N) is 4. The first kappa shape index (κ1) is 21.6. The Morgan fingerprint density at radius 3 is 2.61 bits per heavy atom. The number of rotatable bonds is 5. The average Bonchev–Trinajstić information content (AvgIpc) is 2.74. The number of hydrogen-bond donors (Lipinski definition) is 1. The Morgan fingerprint density at radius 2 is 1.87 bits per heavy atom. The van der Waals surface area contributed by atoms with E-state index in [9.17, 15) is 4.79 Å². The van der Waals surface area contributed by atoms with Gasteiger partial charge in [0.2, 0.25) is 5.95 Å². The van der Waals surface area contributed by atoms with Crippen molar-refractivity contribution in [1.29, 1.82) is 0 Å². The van der Waals surface area contributed by atoms with Gasteiger partial charge in [0.1, 0.15) is 5.75 Å². The second kappa shape index (κ2) is 9.26. The summed E-state index contributed by atoms with van der Waals surface area (Å²) in [6.45, 7) is 5.60. The molecule has 1 aromatic heterocycles. The molecule has 2 heterocycles. The molecule has 1 aliphatic rings. The van der Waals surface area contributed by atoms with Gasteiger partial charge >= 0.3 is 0 Å². The van der Waals surface area contributed by atoms with Crippen molar-refractivity contribution in [2.24, 2.45) is 0 Å². The highest BCUT2D eigenvalue weighted by atomic mass is 35.5. The predicted molar refractivity (Wildman–Crippen MR) is 125 cm³/mol. The van der Waals surface area contributed by atoms with E-state index < -0.39 is 0 Å². The maximum atomic E-state index is 12.3. The van der Waals surface area contributed by atoms with E-state index in [0.29, 0.717) is 21.5 Å². The molecule has 1 aliphatic heterocycles. The molecule has 0 unspecified atom stereocenters. The summed E-state index contributed by atoms with van der Waals surface area (Å²) in [5.41, 5.74) is 2.38. The Balaban J connectivity index is 1.44. The molecule has 3 aromatic rings. The van der Waals surface area contributed by atoms with E-state index in [1.54, 1.807) is 18.2 Å². The standard InChI is InChI=1S/C22H23Cl2N5O2/c1-14-17-12-16(26-21(30)13-31-20-6-3-15(23)11-18(20)24)4-5-19(17)27-22(25-14)29-9-7-28(2)8-10-29/h3-6,11-12H,7-10,13H2,1-2H3,(H,26,30). The van der Waals surface area contributed by atoms with Crippen LogP contribution in [0.1, 0.15) is 5.69 Å². The number of nitrogens with one attached hydrogen (secondary N) is 1. The SMILES string of the molecule is Cc1nc(N2CCN(C)CC2)nc2ccc(NC(=O)COc3ccc(Cl)cc3Cl)cc12. The summed E-state index contributed by atoms with van der Waals surface area (Å²) in [5.74, 6) is 0.863. The Hall–Kier alpha value is -2.61. The smallest absolute Gasteiger partial charge is 0.262 e. The summed E-state index contributed by atoms with van der Waals surface area (Å²) in [6, 6.07) is 10.5. The number of ether oxygens (including phenoxy) is 1. The van der Waals surface area contributed by atoms with Gasteiger partial charge in [-0.3, -0.25) is 4.79 Å². The molecule has 1 N–H and O–H groups in total. The molecule has 1 amide bonds. The number of amides is 1. The van der Waals surface area contributed by atoms with Crippen LogP contribution in [0.15, 0.2) is 36.4 Å². The van der Waals surface area contributed by atoms with Crippen molar-refractivity contribution in [2.45, 2.75) is 6.92 Å². The highest BCUT2D eigenvalue weighted by molar-refractivity contribution is 6.35. The number of likely N-dealkylation sites (N-methyl/N-ethyl adjacent to an activating group) is 1. The largest absolute Gasteiger partial charge is 0.482 e. The molecular formula is C22H23Cl2N5O2. The predicted octanol–water partition coefficient (Wildman–Crippen LogP) is 4.01. The second-order valence-electron chi connectivity index (χ2n) is 7.54. The number of hydrogen-bond acceptors (Lipinski definition) is 6. The van der Waals surface area contributed by atoms with Crippen LogP contribution in [0.5, 0.6) is 5.75 Å². The molecule has 1 fully saturated rings. The fourth-order valence-corrected chi connectivity index (χ4v) is 3.89. The monoisotopic (exact) mass is 459 g/mol. The molecule has 9 heteroatoms.